The Morgan fingerprint density at radius 1 is 1.30 bits per heavy atom. The summed E-state index contributed by atoms with van der Waals surface area (Å²) in [6.45, 7) is 5.50. The van der Waals surface area contributed by atoms with Gasteiger partial charge in [0.05, 0.1) is 13.2 Å². The van der Waals surface area contributed by atoms with Gasteiger partial charge in [0.15, 0.2) is 11.5 Å². The van der Waals surface area contributed by atoms with E-state index in [0.717, 1.165) is 37.1 Å². The van der Waals surface area contributed by atoms with Gasteiger partial charge in [-0.05, 0) is 49.8 Å². The highest BCUT2D eigenvalue weighted by molar-refractivity contribution is 5.43. The lowest BCUT2D eigenvalue weighted by Crippen LogP contribution is -2.90. The minimum absolute atomic E-state index is 0.730. The Kier molecular flexibility index (Phi) is 5.93. The van der Waals surface area contributed by atoms with E-state index in [1.165, 1.54) is 31.2 Å². The first-order chi connectivity index (χ1) is 9.83. The van der Waals surface area contributed by atoms with Crippen molar-refractivity contribution in [3.05, 3.63) is 36.4 Å². The fourth-order valence-corrected chi connectivity index (χ4v) is 2.79. The number of benzene rings is 1. The zero-order valence-electron chi connectivity index (χ0n) is 12.4. The molecule has 2 rings (SSSR count). The zero-order chi connectivity index (χ0) is 14.2. The molecule has 0 unspecified atom stereocenters. The molecule has 0 atom stereocenters. The molecular formula is C17H26NO2+. The molecular weight excluding hydrogens is 250 g/mol. The van der Waals surface area contributed by atoms with Gasteiger partial charge in [-0.25, -0.2) is 0 Å². The van der Waals surface area contributed by atoms with E-state index in [9.17, 15) is 0 Å². The minimum atomic E-state index is 0.730. The molecule has 3 heteroatoms. The van der Waals surface area contributed by atoms with Gasteiger partial charge in [0.2, 0.25) is 0 Å². The van der Waals surface area contributed by atoms with Crippen LogP contribution < -0.4 is 14.8 Å². The predicted octanol–water partition coefficient (Wildman–Crippen LogP) is 2.31. The first-order valence-corrected chi connectivity index (χ1v) is 7.57. The first kappa shape index (κ1) is 14.9. The monoisotopic (exact) mass is 276 g/mol. The van der Waals surface area contributed by atoms with Crippen LogP contribution in [0.15, 0.2) is 30.9 Å². The van der Waals surface area contributed by atoms with Crippen molar-refractivity contribution in [2.45, 2.75) is 38.1 Å². The Labute approximate surface area is 122 Å². The molecule has 3 nitrogen and oxygen atoms in total. The second-order valence-electron chi connectivity index (χ2n) is 5.40. The van der Waals surface area contributed by atoms with Crippen molar-refractivity contribution in [1.29, 1.82) is 0 Å². The number of ether oxygens (including phenoxy) is 2. The molecule has 0 radical (unpaired) electrons. The maximum atomic E-state index is 5.84. The summed E-state index contributed by atoms with van der Waals surface area (Å²) in [4.78, 5) is 0. The number of hydrogen-bond donors (Lipinski definition) is 1. The van der Waals surface area contributed by atoms with E-state index < -0.39 is 0 Å². The summed E-state index contributed by atoms with van der Waals surface area (Å²) < 4.78 is 11.2. The molecule has 20 heavy (non-hydrogen) atoms. The number of methoxy groups -OCH3 is 1. The minimum Gasteiger partial charge on any atom is -0.493 e. The van der Waals surface area contributed by atoms with E-state index in [1.807, 2.05) is 18.2 Å². The molecule has 0 spiro atoms. The SMILES string of the molecule is C=CCc1ccc(OCC[NH2+]C2CCCC2)c(OC)c1. The van der Waals surface area contributed by atoms with Crippen LogP contribution in [0.2, 0.25) is 0 Å². The van der Waals surface area contributed by atoms with Crippen LogP contribution in [0.5, 0.6) is 11.5 Å². The highest BCUT2D eigenvalue weighted by Gasteiger charge is 2.17. The van der Waals surface area contributed by atoms with E-state index in [0.29, 0.717) is 0 Å². The molecule has 0 amide bonds. The van der Waals surface area contributed by atoms with Crippen LogP contribution in [0.4, 0.5) is 0 Å². The van der Waals surface area contributed by atoms with Crippen molar-refractivity contribution in [2.75, 3.05) is 20.3 Å². The summed E-state index contributed by atoms with van der Waals surface area (Å²) in [5, 5.41) is 2.42. The predicted molar refractivity (Wildman–Crippen MR) is 81.4 cm³/mol. The van der Waals surface area contributed by atoms with Gasteiger partial charge in [-0.1, -0.05) is 12.1 Å². The molecule has 0 aliphatic heterocycles. The molecule has 0 heterocycles. The number of rotatable bonds is 8. The Bertz CT molecular complexity index is 425. The molecule has 0 bridgehead atoms. The van der Waals surface area contributed by atoms with Gasteiger partial charge >= 0.3 is 0 Å². The third kappa shape index (κ3) is 4.27. The smallest absolute Gasteiger partial charge is 0.161 e. The molecule has 1 aliphatic rings. The van der Waals surface area contributed by atoms with Crippen molar-refractivity contribution >= 4 is 0 Å². The Hall–Kier alpha value is -1.48. The molecule has 2 N–H and O–H groups in total. The number of nitrogens with two attached hydrogens (primary N) is 1. The first-order valence-electron chi connectivity index (χ1n) is 7.57. The van der Waals surface area contributed by atoms with Gasteiger partial charge in [0.25, 0.3) is 0 Å². The van der Waals surface area contributed by atoms with E-state index in [-0.39, 0.29) is 0 Å². The fraction of sp³-hybridized carbons (Fsp3) is 0.529. The summed E-state index contributed by atoms with van der Waals surface area (Å²) in [7, 11) is 1.69. The summed E-state index contributed by atoms with van der Waals surface area (Å²) >= 11 is 0. The van der Waals surface area contributed by atoms with Crippen LogP contribution in [-0.2, 0) is 6.42 Å². The Morgan fingerprint density at radius 2 is 2.10 bits per heavy atom. The van der Waals surface area contributed by atoms with Crippen molar-refractivity contribution in [3.8, 4) is 11.5 Å². The average Bonchev–Trinajstić information content (AvgIpc) is 2.98. The van der Waals surface area contributed by atoms with Gasteiger partial charge < -0.3 is 14.8 Å². The lowest BCUT2D eigenvalue weighted by atomic mass is 10.1. The van der Waals surface area contributed by atoms with Crippen molar-refractivity contribution in [1.82, 2.24) is 0 Å². The molecule has 1 fully saturated rings. The van der Waals surface area contributed by atoms with Crippen LogP contribution in [0, 0.1) is 0 Å². The molecule has 1 aromatic carbocycles. The average molecular weight is 276 g/mol. The number of allylic oxidation sites excluding steroid dienone is 1. The Morgan fingerprint density at radius 3 is 2.80 bits per heavy atom. The van der Waals surface area contributed by atoms with Crippen LogP contribution >= 0.6 is 0 Å². The van der Waals surface area contributed by atoms with E-state index in [1.54, 1.807) is 7.11 Å². The maximum absolute atomic E-state index is 5.84. The molecule has 0 aromatic heterocycles. The van der Waals surface area contributed by atoms with Gasteiger partial charge in [-0.2, -0.15) is 0 Å². The van der Waals surface area contributed by atoms with E-state index in [2.05, 4.69) is 18.0 Å². The largest absolute Gasteiger partial charge is 0.493 e. The fourth-order valence-electron chi connectivity index (χ4n) is 2.79. The highest BCUT2D eigenvalue weighted by Crippen LogP contribution is 2.28. The van der Waals surface area contributed by atoms with Crippen LogP contribution in [0.1, 0.15) is 31.2 Å². The van der Waals surface area contributed by atoms with E-state index in [4.69, 9.17) is 9.47 Å². The standard InChI is InChI=1S/C17H25NO2/c1-3-6-14-9-10-16(17(13-14)19-2)20-12-11-18-15-7-4-5-8-15/h3,9-10,13,15,18H,1,4-8,11-12H2,2H3/p+1. The van der Waals surface area contributed by atoms with E-state index >= 15 is 0 Å². The van der Waals surface area contributed by atoms with Crippen molar-refractivity contribution < 1.29 is 14.8 Å². The third-order valence-corrected chi connectivity index (χ3v) is 3.88. The summed E-state index contributed by atoms with van der Waals surface area (Å²) in [5.74, 6) is 1.64. The second kappa shape index (κ2) is 7.95. The number of hydrogen-bond acceptors (Lipinski definition) is 2. The van der Waals surface area contributed by atoms with Crippen molar-refractivity contribution in [2.24, 2.45) is 0 Å². The Balaban J connectivity index is 1.80. The molecule has 1 saturated carbocycles. The quantitative estimate of drug-likeness (QED) is 0.584. The zero-order valence-corrected chi connectivity index (χ0v) is 12.4. The third-order valence-electron chi connectivity index (χ3n) is 3.88. The normalized spacial score (nSPS) is 15.2. The summed E-state index contributed by atoms with van der Waals surface area (Å²) in [6.07, 6.45) is 8.25. The lowest BCUT2D eigenvalue weighted by Gasteiger charge is -2.13. The topological polar surface area (TPSA) is 35.1 Å². The molecule has 110 valence electrons. The molecule has 1 aromatic rings. The number of quaternary nitrogens is 1. The summed E-state index contributed by atoms with van der Waals surface area (Å²) in [5.41, 5.74) is 1.20. The second-order valence-corrected chi connectivity index (χ2v) is 5.40. The summed E-state index contributed by atoms with van der Waals surface area (Å²) in [6, 6.07) is 6.90. The van der Waals surface area contributed by atoms with Gasteiger partial charge in [-0.15, -0.1) is 6.58 Å². The van der Waals surface area contributed by atoms with Gasteiger partial charge in [0, 0.05) is 0 Å². The lowest BCUT2D eigenvalue weighted by molar-refractivity contribution is -0.688. The van der Waals surface area contributed by atoms with Crippen LogP contribution in [-0.4, -0.2) is 26.3 Å². The molecule has 1 aliphatic carbocycles. The maximum Gasteiger partial charge on any atom is 0.161 e. The molecule has 0 saturated heterocycles. The van der Waals surface area contributed by atoms with Crippen molar-refractivity contribution in [3.63, 3.8) is 0 Å². The van der Waals surface area contributed by atoms with Gasteiger partial charge in [0.1, 0.15) is 13.2 Å². The van der Waals surface area contributed by atoms with Crippen LogP contribution in [0.3, 0.4) is 0 Å². The van der Waals surface area contributed by atoms with Gasteiger partial charge in [-0.3, -0.25) is 0 Å². The van der Waals surface area contributed by atoms with Crippen LogP contribution in [0.25, 0.3) is 0 Å². The highest BCUT2D eigenvalue weighted by atomic mass is 16.5.